The van der Waals surface area contributed by atoms with E-state index in [1.54, 1.807) is 0 Å². The van der Waals surface area contributed by atoms with Crippen LogP contribution in [0.5, 0.6) is 0 Å². The van der Waals surface area contributed by atoms with Gasteiger partial charge in [-0.15, -0.1) is 0 Å². The molecule has 0 amide bonds. The number of hydrogen-bond donors (Lipinski definition) is 2. The van der Waals surface area contributed by atoms with E-state index in [-0.39, 0.29) is 6.04 Å². The maximum atomic E-state index is 12.9. The molecule has 28 heavy (non-hydrogen) atoms. The number of aryl methyl sites for hydroxylation is 4. The van der Waals surface area contributed by atoms with Gasteiger partial charge in [-0.3, -0.25) is 4.98 Å². The first-order valence-corrected chi connectivity index (χ1v) is 10.9. The highest BCUT2D eigenvalue weighted by Gasteiger charge is 2.22. The van der Waals surface area contributed by atoms with Crippen LogP contribution in [0.25, 0.3) is 10.9 Å². The van der Waals surface area contributed by atoms with Crippen LogP contribution in [0.2, 0.25) is 0 Å². The highest BCUT2D eigenvalue weighted by atomic mass is 32.2. The molecule has 148 valence electrons. The van der Waals surface area contributed by atoms with Gasteiger partial charge in [0.15, 0.2) is 0 Å². The number of pyridine rings is 1. The first-order valence-electron chi connectivity index (χ1n) is 9.38. The lowest BCUT2D eigenvalue weighted by Crippen LogP contribution is -2.38. The van der Waals surface area contributed by atoms with Crippen molar-refractivity contribution in [2.45, 2.75) is 45.6 Å². The second-order valence-electron chi connectivity index (χ2n) is 7.46. The van der Waals surface area contributed by atoms with E-state index in [0.29, 0.717) is 11.4 Å². The number of benzene rings is 2. The monoisotopic (exact) mass is 397 g/mol. The van der Waals surface area contributed by atoms with Crippen LogP contribution in [0, 0.1) is 27.7 Å². The number of rotatable bonds is 6. The molecular weight excluding hydrogens is 370 g/mol. The molecule has 3 aromatic rings. The quantitative estimate of drug-likeness (QED) is 0.652. The normalized spacial score (nSPS) is 12.9. The Morgan fingerprint density at radius 3 is 2.36 bits per heavy atom. The number of sulfonamides is 1. The Kier molecular flexibility index (Phi) is 5.72. The van der Waals surface area contributed by atoms with E-state index < -0.39 is 10.0 Å². The van der Waals surface area contributed by atoms with Gasteiger partial charge in [-0.05, 0) is 70.0 Å². The number of nitrogens with zero attached hydrogens (tertiary/aromatic N) is 1. The Bertz CT molecular complexity index is 1100. The van der Waals surface area contributed by atoms with Crippen LogP contribution in [0.1, 0.15) is 29.3 Å². The summed E-state index contributed by atoms with van der Waals surface area (Å²) in [5.41, 5.74) is 5.42. The van der Waals surface area contributed by atoms with Crippen molar-refractivity contribution in [2.24, 2.45) is 0 Å². The van der Waals surface area contributed by atoms with Crippen LogP contribution in [0.3, 0.4) is 0 Å². The minimum absolute atomic E-state index is 0.279. The average Bonchev–Trinajstić information content (AvgIpc) is 2.57. The van der Waals surface area contributed by atoms with Crippen molar-refractivity contribution < 1.29 is 8.42 Å². The van der Waals surface area contributed by atoms with E-state index in [1.807, 2.05) is 77.1 Å². The van der Waals surface area contributed by atoms with Gasteiger partial charge in [-0.2, -0.15) is 0 Å². The second-order valence-corrected chi connectivity index (χ2v) is 9.11. The fourth-order valence-corrected chi connectivity index (χ4v) is 5.33. The summed E-state index contributed by atoms with van der Waals surface area (Å²) in [7, 11) is -3.59. The lowest BCUT2D eigenvalue weighted by atomic mass is 10.1. The fourth-order valence-electron chi connectivity index (χ4n) is 3.63. The number of aromatic nitrogens is 1. The molecule has 0 spiro atoms. The van der Waals surface area contributed by atoms with E-state index in [2.05, 4.69) is 15.0 Å². The third-order valence-electron chi connectivity index (χ3n) is 4.70. The molecule has 2 aromatic carbocycles. The molecule has 5 nitrogen and oxygen atoms in total. The molecule has 0 bridgehead atoms. The summed E-state index contributed by atoms with van der Waals surface area (Å²) >= 11 is 0. The van der Waals surface area contributed by atoms with Gasteiger partial charge in [0, 0.05) is 29.4 Å². The van der Waals surface area contributed by atoms with Crippen LogP contribution < -0.4 is 10.0 Å². The molecule has 0 aliphatic heterocycles. The fraction of sp³-hybridized carbons (Fsp3) is 0.318. The van der Waals surface area contributed by atoms with Crippen LogP contribution in [0.4, 0.5) is 5.69 Å². The van der Waals surface area contributed by atoms with Gasteiger partial charge in [-0.1, -0.05) is 23.8 Å². The van der Waals surface area contributed by atoms with Crippen molar-refractivity contribution in [3.05, 3.63) is 64.8 Å². The zero-order chi connectivity index (χ0) is 20.5. The largest absolute Gasteiger partial charge is 0.383 e. The molecule has 0 unspecified atom stereocenters. The Labute approximate surface area is 167 Å². The standard InChI is InChI=1S/C22H27N3O2S/c1-14-11-15(2)22(16(3)12-14)28(26,27)25-18(5)13-23-20-7-6-8-21-19(20)10-9-17(4)24-21/h6-12,18,23,25H,13H2,1-5H3/t18-/m0/s1. The summed E-state index contributed by atoms with van der Waals surface area (Å²) in [6, 6.07) is 13.4. The van der Waals surface area contributed by atoms with Crippen molar-refractivity contribution in [1.82, 2.24) is 9.71 Å². The molecule has 1 aromatic heterocycles. The van der Waals surface area contributed by atoms with E-state index in [1.165, 1.54) is 0 Å². The van der Waals surface area contributed by atoms with Crippen molar-refractivity contribution >= 4 is 26.6 Å². The SMILES string of the molecule is Cc1cc(C)c(S(=O)(=O)N[C@@H](C)CNc2cccc3nc(C)ccc23)c(C)c1. The predicted octanol–water partition coefficient (Wildman–Crippen LogP) is 4.25. The Balaban J connectivity index is 1.75. The van der Waals surface area contributed by atoms with Crippen LogP contribution in [-0.4, -0.2) is 26.0 Å². The summed E-state index contributed by atoms with van der Waals surface area (Å²) in [6.07, 6.45) is 0. The lowest BCUT2D eigenvalue weighted by molar-refractivity contribution is 0.564. The highest BCUT2D eigenvalue weighted by Crippen LogP contribution is 2.23. The summed E-state index contributed by atoms with van der Waals surface area (Å²) in [5.74, 6) is 0. The van der Waals surface area contributed by atoms with Gasteiger partial charge in [0.2, 0.25) is 10.0 Å². The zero-order valence-corrected chi connectivity index (χ0v) is 17.8. The Hall–Kier alpha value is -2.44. The van der Waals surface area contributed by atoms with E-state index in [9.17, 15) is 8.42 Å². The zero-order valence-electron chi connectivity index (χ0n) is 17.0. The molecule has 0 saturated carbocycles. The molecule has 0 aliphatic carbocycles. The predicted molar refractivity (Wildman–Crippen MR) is 115 cm³/mol. The van der Waals surface area contributed by atoms with Crippen LogP contribution in [-0.2, 0) is 10.0 Å². The van der Waals surface area contributed by atoms with Crippen LogP contribution in [0.15, 0.2) is 47.4 Å². The third-order valence-corrected chi connectivity index (χ3v) is 6.59. The lowest BCUT2D eigenvalue weighted by Gasteiger charge is -2.19. The first kappa shape index (κ1) is 20.3. The minimum atomic E-state index is -3.59. The smallest absolute Gasteiger partial charge is 0.241 e. The first-order chi connectivity index (χ1) is 13.2. The molecule has 1 atom stereocenters. The van der Waals surface area contributed by atoms with E-state index in [4.69, 9.17) is 0 Å². The molecule has 2 N–H and O–H groups in total. The number of nitrogens with one attached hydrogen (secondary N) is 2. The topological polar surface area (TPSA) is 71.1 Å². The number of hydrogen-bond acceptors (Lipinski definition) is 4. The summed E-state index contributed by atoms with van der Waals surface area (Å²) < 4.78 is 28.6. The molecule has 0 aliphatic rings. The summed E-state index contributed by atoms with van der Waals surface area (Å²) in [5, 5.41) is 4.37. The Morgan fingerprint density at radius 2 is 1.68 bits per heavy atom. The number of anilines is 1. The van der Waals surface area contributed by atoms with Crippen molar-refractivity contribution in [1.29, 1.82) is 0 Å². The minimum Gasteiger partial charge on any atom is -0.383 e. The van der Waals surface area contributed by atoms with Crippen molar-refractivity contribution in [3.63, 3.8) is 0 Å². The maximum Gasteiger partial charge on any atom is 0.241 e. The van der Waals surface area contributed by atoms with Gasteiger partial charge in [0.25, 0.3) is 0 Å². The van der Waals surface area contributed by atoms with Crippen LogP contribution >= 0.6 is 0 Å². The molecule has 0 saturated heterocycles. The van der Waals surface area contributed by atoms with Gasteiger partial charge in [0.1, 0.15) is 0 Å². The molecule has 0 fully saturated rings. The molecule has 6 heteroatoms. The average molecular weight is 398 g/mol. The van der Waals surface area contributed by atoms with E-state index >= 15 is 0 Å². The molecule has 3 rings (SSSR count). The van der Waals surface area contributed by atoms with Gasteiger partial charge < -0.3 is 5.32 Å². The van der Waals surface area contributed by atoms with E-state index in [0.717, 1.165) is 39.0 Å². The molecular formula is C22H27N3O2S. The maximum absolute atomic E-state index is 12.9. The summed E-state index contributed by atoms with van der Waals surface area (Å²) in [6.45, 7) is 9.93. The summed E-state index contributed by atoms with van der Waals surface area (Å²) in [4.78, 5) is 4.91. The van der Waals surface area contributed by atoms with Crippen molar-refractivity contribution in [2.75, 3.05) is 11.9 Å². The molecule has 1 heterocycles. The van der Waals surface area contributed by atoms with Gasteiger partial charge in [-0.25, -0.2) is 13.1 Å². The van der Waals surface area contributed by atoms with Gasteiger partial charge in [0.05, 0.1) is 10.4 Å². The Morgan fingerprint density at radius 1 is 1.00 bits per heavy atom. The molecule has 0 radical (unpaired) electrons. The highest BCUT2D eigenvalue weighted by molar-refractivity contribution is 7.89. The van der Waals surface area contributed by atoms with Gasteiger partial charge >= 0.3 is 0 Å². The van der Waals surface area contributed by atoms with Crippen molar-refractivity contribution in [3.8, 4) is 0 Å². The second kappa shape index (κ2) is 7.89. The third kappa shape index (κ3) is 4.34. The number of fused-ring (bicyclic) bond motifs is 1.